The van der Waals surface area contributed by atoms with Gasteiger partial charge in [-0.05, 0) is 51.7 Å². The van der Waals surface area contributed by atoms with Crippen LogP contribution in [0.4, 0.5) is 10.5 Å². The van der Waals surface area contributed by atoms with Crippen molar-refractivity contribution in [2.45, 2.75) is 45.1 Å². The van der Waals surface area contributed by atoms with Crippen LogP contribution < -0.4 is 5.32 Å². The zero-order valence-corrected chi connectivity index (χ0v) is 13.3. The quantitative estimate of drug-likeness (QED) is 0.821. The van der Waals surface area contributed by atoms with Gasteiger partial charge in [0.1, 0.15) is 0 Å². The van der Waals surface area contributed by atoms with Crippen molar-refractivity contribution in [3.63, 3.8) is 0 Å². The Labute approximate surface area is 131 Å². The maximum Gasteiger partial charge on any atom is 0.322 e. The minimum absolute atomic E-state index is 0.0231. The number of hydrogen-bond donors (Lipinski definition) is 2. The molecule has 1 aromatic carbocycles. The number of hydrogen-bond acceptors (Lipinski definition) is 3. The fourth-order valence-electron chi connectivity index (χ4n) is 3.10. The number of aliphatic hydroxyl groups excluding tert-OH is 1. The van der Waals surface area contributed by atoms with Crippen LogP contribution in [0.2, 0.25) is 0 Å². The fraction of sp³-hybridized carbons (Fsp3) is 0.529. The summed E-state index contributed by atoms with van der Waals surface area (Å²) in [6.07, 6.45) is 3.42. The normalized spacial score (nSPS) is 21.0. The van der Waals surface area contributed by atoms with Crippen molar-refractivity contribution in [2.75, 3.05) is 18.5 Å². The molecule has 120 valence electrons. The van der Waals surface area contributed by atoms with Crippen LogP contribution in [0.25, 0.3) is 0 Å². The minimum atomic E-state index is -0.203. The third-order valence-corrected chi connectivity index (χ3v) is 4.39. The fourth-order valence-corrected chi connectivity index (χ4v) is 3.10. The number of urea groups is 1. The molecule has 1 aromatic rings. The molecule has 0 bridgehead atoms. The highest BCUT2D eigenvalue weighted by Crippen LogP contribution is 2.33. The van der Waals surface area contributed by atoms with E-state index in [4.69, 9.17) is 5.11 Å². The lowest BCUT2D eigenvalue weighted by atomic mass is 9.93. The summed E-state index contributed by atoms with van der Waals surface area (Å²) in [7, 11) is 0. The van der Waals surface area contributed by atoms with E-state index in [1.165, 1.54) is 6.92 Å². The van der Waals surface area contributed by atoms with Gasteiger partial charge in [0.05, 0.1) is 0 Å². The van der Waals surface area contributed by atoms with Crippen LogP contribution in [0.1, 0.15) is 49.9 Å². The summed E-state index contributed by atoms with van der Waals surface area (Å²) < 4.78 is 0. The Morgan fingerprint density at radius 1 is 1.41 bits per heavy atom. The first-order chi connectivity index (χ1) is 10.5. The molecule has 1 aliphatic rings. The maximum absolute atomic E-state index is 12.5. The predicted octanol–water partition coefficient (Wildman–Crippen LogP) is 3.05. The van der Waals surface area contributed by atoms with Gasteiger partial charge in [0.25, 0.3) is 0 Å². The van der Waals surface area contributed by atoms with Gasteiger partial charge >= 0.3 is 6.03 Å². The first-order valence-corrected chi connectivity index (χ1v) is 7.77. The molecule has 5 heteroatoms. The van der Waals surface area contributed by atoms with Crippen LogP contribution in [0.15, 0.2) is 24.3 Å². The number of nitrogens with one attached hydrogen (secondary N) is 1. The third-order valence-electron chi connectivity index (χ3n) is 4.39. The van der Waals surface area contributed by atoms with Gasteiger partial charge < -0.3 is 15.3 Å². The van der Waals surface area contributed by atoms with Crippen LogP contribution >= 0.6 is 0 Å². The highest BCUT2D eigenvalue weighted by Gasteiger charge is 2.39. The number of anilines is 1. The summed E-state index contributed by atoms with van der Waals surface area (Å²) >= 11 is 0. The van der Waals surface area contributed by atoms with E-state index in [1.807, 2.05) is 4.90 Å². The molecular weight excluding hydrogens is 280 g/mol. The van der Waals surface area contributed by atoms with Gasteiger partial charge in [0.15, 0.2) is 5.78 Å². The summed E-state index contributed by atoms with van der Waals surface area (Å²) in [5.74, 6) is -0.0231. The molecular formula is C17H24N2O3. The second-order valence-corrected chi connectivity index (χ2v) is 6.15. The number of rotatable bonds is 5. The lowest BCUT2D eigenvalue weighted by Crippen LogP contribution is -2.47. The molecule has 0 aromatic heterocycles. The standard InChI is InChI=1S/C17H24N2O3/c1-13(21)14-6-3-7-15(12-14)18-16(22)19-10-4-8-17(19,2)9-5-11-20/h3,6-7,12,20H,4-5,8-11H2,1-2H3,(H,18,22)/t17-/m0/s1. The second-order valence-electron chi connectivity index (χ2n) is 6.15. The van der Waals surface area contributed by atoms with Gasteiger partial charge in [0, 0.05) is 29.9 Å². The van der Waals surface area contributed by atoms with E-state index in [1.54, 1.807) is 24.3 Å². The van der Waals surface area contributed by atoms with Gasteiger partial charge in [-0.1, -0.05) is 12.1 Å². The van der Waals surface area contributed by atoms with Crippen molar-refractivity contribution in [1.82, 2.24) is 4.90 Å². The van der Waals surface area contributed by atoms with Crippen molar-refractivity contribution in [2.24, 2.45) is 0 Å². The van der Waals surface area contributed by atoms with Gasteiger partial charge in [-0.2, -0.15) is 0 Å². The zero-order chi connectivity index (χ0) is 16.2. The monoisotopic (exact) mass is 304 g/mol. The molecule has 0 spiro atoms. The van der Waals surface area contributed by atoms with Crippen molar-refractivity contribution in [3.05, 3.63) is 29.8 Å². The number of benzene rings is 1. The molecule has 1 fully saturated rings. The highest BCUT2D eigenvalue weighted by atomic mass is 16.3. The Balaban J connectivity index is 2.08. The number of aliphatic hydroxyl groups is 1. The van der Waals surface area contributed by atoms with E-state index in [0.29, 0.717) is 17.7 Å². The molecule has 1 atom stereocenters. The molecule has 22 heavy (non-hydrogen) atoms. The number of nitrogens with zero attached hydrogens (tertiary/aromatic N) is 1. The Hall–Kier alpha value is -1.88. The summed E-state index contributed by atoms with van der Waals surface area (Å²) in [6.45, 7) is 4.44. The lowest BCUT2D eigenvalue weighted by Gasteiger charge is -2.35. The number of ketones is 1. The molecule has 0 radical (unpaired) electrons. The summed E-state index contributed by atoms with van der Waals surface area (Å²) in [4.78, 5) is 25.8. The zero-order valence-electron chi connectivity index (χ0n) is 13.3. The average molecular weight is 304 g/mol. The van der Waals surface area contributed by atoms with E-state index in [-0.39, 0.29) is 24.0 Å². The molecule has 1 heterocycles. The third kappa shape index (κ3) is 3.65. The largest absolute Gasteiger partial charge is 0.396 e. The van der Waals surface area contributed by atoms with Gasteiger partial charge in [-0.25, -0.2) is 4.79 Å². The van der Waals surface area contributed by atoms with Crippen LogP contribution in [0, 0.1) is 0 Å². The van der Waals surface area contributed by atoms with Crippen LogP contribution in [0.5, 0.6) is 0 Å². The van der Waals surface area contributed by atoms with Gasteiger partial charge in [0.2, 0.25) is 0 Å². The number of Topliss-reactive ketones (excluding diaryl/α,β-unsaturated/α-hetero) is 1. The SMILES string of the molecule is CC(=O)c1cccc(NC(=O)N2CCC[C@@]2(C)CCCO)c1. The van der Waals surface area contributed by atoms with E-state index in [2.05, 4.69) is 12.2 Å². The molecule has 2 N–H and O–H groups in total. The molecule has 0 unspecified atom stereocenters. The van der Waals surface area contributed by atoms with Crippen LogP contribution in [0.3, 0.4) is 0 Å². The first kappa shape index (κ1) is 16.5. The minimum Gasteiger partial charge on any atom is -0.396 e. The van der Waals surface area contributed by atoms with Crippen molar-refractivity contribution < 1.29 is 14.7 Å². The predicted molar refractivity (Wildman–Crippen MR) is 86.1 cm³/mol. The van der Waals surface area contributed by atoms with Crippen LogP contribution in [-0.4, -0.2) is 40.5 Å². The van der Waals surface area contributed by atoms with Crippen molar-refractivity contribution >= 4 is 17.5 Å². The van der Waals surface area contributed by atoms with Crippen LogP contribution in [-0.2, 0) is 0 Å². The van der Waals surface area contributed by atoms with E-state index >= 15 is 0 Å². The lowest BCUT2D eigenvalue weighted by molar-refractivity contribution is 0.101. The Kier molecular flexibility index (Phi) is 5.19. The first-order valence-electron chi connectivity index (χ1n) is 7.77. The van der Waals surface area contributed by atoms with Crippen molar-refractivity contribution in [1.29, 1.82) is 0 Å². The molecule has 2 rings (SSSR count). The van der Waals surface area contributed by atoms with Crippen molar-refractivity contribution in [3.8, 4) is 0 Å². The average Bonchev–Trinajstić information content (AvgIpc) is 2.87. The summed E-state index contributed by atoms with van der Waals surface area (Å²) in [5, 5.41) is 11.9. The Bertz CT molecular complexity index is 559. The van der Waals surface area contributed by atoms with E-state index in [9.17, 15) is 9.59 Å². The van der Waals surface area contributed by atoms with E-state index < -0.39 is 0 Å². The second kappa shape index (κ2) is 6.92. The Morgan fingerprint density at radius 3 is 2.86 bits per heavy atom. The molecule has 5 nitrogen and oxygen atoms in total. The summed E-state index contributed by atoms with van der Waals surface area (Å²) in [6, 6.07) is 6.84. The number of amides is 2. The maximum atomic E-state index is 12.5. The molecule has 0 aliphatic carbocycles. The van der Waals surface area contributed by atoms with Gasteiger partial charge in [-0.15, -0.1) is 0 Å². The number of carbonyl (C=O) groups excluding carboxylic acids is 2. The topological polar surface area (TPSA) is 69.6 Å². The highest BCUT2D eigenvalue weighted by molar-refractivity contribution is 5.96. The molecule has 1 saturated heterocycles. The van der Waals surface area contributed by atoms with Gasteiger partial charge in [-0.3, -0.25) is 4.79 Å². The number of carbonyl (C=O) groups is 2. The summed E-state index contributed by atoms with van der Waals surface area (Å²) in [5.41, 5.74) is 1.02. The smallest absolute Gasteiger partial charge is 0.322 e. The molecule has 2 amide bonds. The number of likely N-dealkylation sites (tertiary alicyclic amines) is 1. The molecule has 0 saturated carbocycles. The molecule has 1 aliphatic heterocycles. The van der Waals surface area contributed by atoms with E-state index in [0.717, 1.165) is 25.8 Å². The Morgan fingerprint density at radius 2 is 2.18 bits per heavy atom.